The molecule has 0 spiro atoms. The molecule has 1 aromatic carbocycles. The molecular weight excluding hydrogens is 270 g/mol. The third-order valence-corrected chi connectivity index (χ3v) is 4.25. The summed E-state index contributed by atoms with van der Waals surface area (Å²) < 4.78 is 4.78. The predicted molar refractivity (Wildman–Crippen MR) is 76.8 cm³/mol. The Hall–Kier alpha value is -0.870. The fourth-order valence-electron chi connectivity index (χ4n) is 1.98. The second kappa shape index (κ2) is 6.34. The second-order valence-electron chi connectivity index (χ2n) is 4.21. The maximum Gasteiger partial charge on any atom is 0.340 e. The Bertz CT molecular complexity index is 433. The number of methoxy groups -OCH3 is 1. The van der Waals surface area contributed by atoms with Crippen molar-refractivity contribution >= 4 is 35.0 Å². The number of benzene rings is 1. The average Bonchev–Trinajstić information content (AvgIpc) is 2.41. The molecule has 0 amide bonds. The molecule has 0 aromatic heterocycles. The van der Waals surface area contributed by atoms with Crippen LogP contribution in [0.25, 0.3) is 0 Å². The molecule has 1 fully saturated rings. The van der Waals surface area contributed by atoms with Crippen LogP contribution in [-0.4, -0.2) is 30.6 Å². The average molecular weight is 286 g/mol. The molecule has 1 aliphatic heterocycles. The summed E-state index contributed by atoms with van der Waals surface area (Å²) in [4.78, 5) is 11.7. The van der Waals surface area contributed by atoms with E-state index in [2.05, 4.69) is 5.32 Å². The van der Waals surface area contributed by atoms with Gasteiger partial charge >= 0.3 is 5.97 Å². The zero-order valence-corrected chi connectivity index (χ0v) is 11.8. The third-order valence-electron chi connectivity index (χ3n) is 2.97. The summed E-state index contributed by atoms with van der Waals surface area (Å²) in [5, 5.41) is 3.96. The van der Waals surface area contributed by atoms with Crippen LogP contribution >= 0.6 is 23.4 Å². The van der Waals surface area contributed by atoms with Crippen molar-refractivity contribution in [3.8, 4) is 0 Å². The number of ether oxygens (including phenoxy) is 1. The van der Waals surface area contributed by atoms with E-state index < -0.39 is 0 Å². The van der Waals surface area contributed by atoms with E-state index in [1.54, 1.807) is 12.1 Å². The van der Waals surface area contributed by atoms with E-state index in [0.717, 1.165) is 18.5 Å². The van der Waals surface area contributed by atoms with Crippen LogP contribution in [0.3, 0.4) is 0 Å². The Morgan fingerprint density at radius 3 is 2.83 bits per heavy atom. The standard InChI is InChI=1S/C13H16ClNO2S/c1-17-13(16)11-8-9(14)2-3-12(11)15-10-4-6-18-7-5-10/h2-3,8,10,15H,4-7H2,1H3. The van der Waals surface area contributed by atoms with Crippen LogP contribution in [0.15, 0.2) is 18.2 Å². The number of esters is 1. The molecule has 0 bridgehead atoms. The number of halogens is 1. The quantitative estimate of drug-likeness (QED) is 0.864. The summed E-state index contributed by atoms with van der Waals surface area (Å²) in [6, 6.07) is 5.70. The van der Waals surface area contributed by atoms with Gasteiger partial charge < -0.3 is 10.1 Å². The van der Waals surface area contributed by atoms with Crippen LogP contribution in [0, 0.1) is 0 Å². The molecule has 0 radical (unpaired) electrons. The van der Waals surface area contributed by atoms with E-state index in [9.17, 15) is 4.79 Å². The van der Waals surface area contributed by atoms with Gasteiger partial charge in [-0.25, -0.2) is 4.79 Å². The maximum absolute atomic E-state index is 11.7. The first kappa shape index (κ1) is 13.6. The Balaban J connectivity index is 2.17. The molecule has 98 valence electrons. The van der Waals surface area contributed by atoms with Gasteiger partial charge in [-0.2, -0.15) is 11.8 Å². The molecule has 18 heavy (non-hydrogen) atoms. The second-order valence-corrected chi connectivity index (χ2v) is 5.87. The monoisotopic (exact) mass is 285 g/mol. The van der Waals surface area contributed by atoms with Gasteiger partial charge in [0.05, 0.1) is 12.7 Å². The van der Waals surface area contributed by atoms with Crippen LogP contribution in [0.4, 0.5) is 5.69 Å². The van der Waals surface area contributed by atoms with Gasteiger partial charge in [0.25, 0.3) is 0 Å². The van der Waals surface area contributed by atoms with Crippen LogP contribution in [0.2, 0.25) is 5.02 Å². The zero-order chi connectivity index (χ0) is 13.0. The van der Waals surface area contributed by atoms with Crippen LogP contribution in [0.5, 0.6) is 0 Å². The van der Waals surface area contributed by atoms with Gasteiger partial charge in [-0.3, -0.25) is 0 Å². The molecule has 1 heterocycles. The van der Waals surface area contributed by atoms with Crippen molar-refractivity contribution in [3.05, 3.63) is 28.8 Å². The molecule has 1 aliphatic rings. The number of hydrogen-bond acceptors (Lipinski definition) is 4. The molecule has 1 aromatic rings. The highest BCUT2D eigenvalue weighted by molar-refractivity contribution is 7.99. The minimum absolute atomic E-state index is 0.356. The van der Waals surface area contributed by atoms with Gasteiger partial charge in [-0.1, -0.05) is 11.6 Å². The summed E-state index contributed by atoms with van der Waals surface area (Å²) in [6.45, 7) is 0. The van der Waals surface area contributed by atoms with E-state index >= 15 is 0 Å². The molecular formula is C13H16ClNO2S. The number of nitrogens with one attached hydrogen (secondary N) is 1. The van der Waals surface area contributed by atoms with E-state index in [1.807, 2.05) is 17.8 Å². The molecule has 0 unspecified atom stereocenters. The van der Waals surface area contributed by atoms with Crippen molar-refractivity contribution in [1.82, 2.24) is 0 Å². The number of anilines is 1. The first-order valence-electron chi connectivity index (χ1n) is 5.93. The molecule has 0 saturated carbocycles. The Labute approximate surface area is 116 Å². The number of carbonyl (C=O) groups excluding carboxylic acids is 1. The van der Waals surface area contributed by atoms with Gasteiger partial charge in [0.1, 0.15) is 0 Å². The molecule has 0 atom stereocenters. The van der Waals surface area contributed by atoms with Crippen LogP contribution in [0.1, 0.15) is 23.2 Å². The highest BCUT2D eigenvalue weighted by atomic mass is 35.5. The fourth-order valence-corrected chi connectivity index (χ4v) is 3.26. The highest BCUT2D eigenvalue weighted by Gasteiger charge is 2.18. The van der Waals surface area contributed by atoms with Gasteiger partial charge in [0.15, 0.2) is 0 Å². The lowest BCUT2D eigenvalue weighted by Gasteiger charge is -2.24. The van der Waals surface area contributed by atoms with E-state index in [1.165, 1.54) is 18.6 Å². The number of carbonyl (C=O) groups is 1. The Morgan fingerprint density at radius 2 is 2.17 bits per heavy atom. The van der Waals surface area contributed by atoms with Crippen molar-refractivity contribution in [3.63, 3.8) is 0 Å². The predicted octanol–water partition coefficient (Wildman–Crippen LogP) is 3.43. The third kappa shape index (κ3) is 3.33. The van der Waals surface area contributed by atoms with Crippen molar-refractivity contribution in [2.45, 2.75) is 18.9 Å². The van der Waals surface area contributed by atoms with Gasteiger partial charge in [-0.15, -0.1) is 0 Å². The van der Waals surface area contributed by atoms with Crippen molar-refractivity contribution in [2.24, 2.45) is 0 Å². The molecule has 1 saturated heterocycles. The van der Waals surface area contributed by atoms with Gasteiger partial charge in [0, 0.05) is 16.8 Å². The summed E-state index contributed by atoms with van der Waals surface area (Å²) in [6.07, 6.45) is 2.24. The largest absolute Gasteiger partial charge is 0.465 e. The highest BCUT2D eigenvalue weighted by Crippen LogP contribution is 2.25. The summed E-state index contributed by atoms with van der Waals surface area (Å²) >= 11 is 7.90. The summed E-state index contributed by atoms with van der Waals surface area (Å²) in [7, 11) is 1.38. The smallest absolute Gasteiger partial charge is 0.340 e. The van der Waals surface area contributed by atoms with E-state index in [0.29, 0.717) is 16.6 Å². The van der Waals surface area contributed by atoms with E-state index in [4.69, 9.17) is 16.3 Å². The lowest BCUT2D eigenvalue weighted by Crippen LogP contribution is -2.25. The van der Waals surface area contributed by atoms with Gasteiger partial charge in [-0.05, 0) is 42.5 Å². The van der Waals surface area contributed by atoms with E-state index in [-0.39, 0.29) is 5.97 Å². The molecule has 5 heteroatoms. The summed E-state index contributed by atoms with van der Waals surface area (Å²) in [5.41, 5.74) is 1.31. The van der Waals surface area contributed by atoms with Crippen LogP contribution < -0.4 is 5.32 Å². The minimum atomic E-state index is -0.356. The Kier molecular flexibility index (Phi) is 4.78. The molecule has 1 N–H and O–H groups in total. The normalized spacial score (nSPS) is 16.3. The zero-order valence-electron chi connectivity index (χ0n) is 10.2. The lowest BCUT2D eigenvalue weighted by atomic mass is 10.1. The fraction of sp³-hybridized carbons (Fsp3) is 0.462. The number of thioether (sulfide) groups is 1. The first-order valence-corrected chi connectivity index (χ1v) is 7.46. The molecule has 3 nitrogen and oxygen atoms in total. The lowest BCUT2D eigenvalue weighted by molar-refractivity contribution is 0.0602. The topological polar surface area (TPSA) is 38.3 Å². The molecule has 0 aliphatic carbocycles. The molecule has 2 rings (SSSR count). The minimum Gasteiger partial charge on any atom is -0.465 e. The SMILES string of the molecule is COC(=O)c1cc(Cl)ccc1NC1CCSCC1. The van der Waals surface area contributed by atoms with Crippen molar-refractivity contribution in [1.29, 1.82) is 0 Å². The first-order chi connectivity index (χ1) is 8.70. The Morgan fingerprint density at radius 1 is 1.44 bits per heavy atom. The maximum atomic E-state index is 11.7. The number of rotatable bonds is 3. The van der Waals surface area contributed by atoms with Crippen LogP contribution in [-0.2, 0) is 4.74 Å². The van der Waals surface area contributed by atoms with Crippen molar-refractivity contribution < 1.29 is 9.53 Å². The summed E-state index contributed by atoms with van der Waals surface area (Å²) in [5.74, 6) is 1.97. The van der Waals surface area contributed by atoms with Gasteiger partial charge in [0.2, 0.25) is 0 Å². The number of hydrogen-bond donors (Lipinski definition) is 1. The van der Waals surface area contributed by atoms with Crippen molar-refractivity contribution in [2.75, 3.05) is 23.9 Å².